The van der Waals surface area contributed by atoms with Crippen LogP contribution in [0.5, 0.6) is 0 Å². The lowest BCUT2D eigenvalue weighted by atomic mass is 9.90. The number of ketones is 1. The number of carbonyl (C=O) groups is 2. The average Bonchev–Trinajstić information content (AvgIpc) is 3.49. The summed E-state index contributed by atoms with van der Waals surface area (Å²) in [7, 11) is 1.98. The van der Waals surface area contributed by atoms with E-state index in [1.807, 2.05) is 14.0 Å². The molecule has 1 amide bonds. The molecule has 2 N–H and O–H groups in total. The third kappa shape index (κ3) is 5.41. The number of nitrogens with one attached hydrogen (secondary N) is 2. The molecule has 0 unspecified atom stereocenters. The van der Waals surface area contributed by atoms with Crippen molar-refractivity contribution in [3.05, 3.63) is 60.1 Å². The van der Waals surface area contributed by atoms with Crippen molar-refractivity contribution in [2.75, 3.05) is 20.1 Å². The van der Waals surface area contributed by atoms with Gasteiger partial charge in [-0.1, -0.05) is 30.1 Å². The van der Waals surface area contributed by atoms with Gasteiger partial charge >= 0.3 is 0 Å². The highest BCUT2D eigenvalue weighted by Gasteiger charge is 2.37. The second-order valence-corrected chi connectivity index (χ2v) is 9.23. The Labute approximate surface area is 197 Å². The first kappa shape index (κ1) is 23.8. The number of benzene rings is 1. The van der Waals surface area contributed by atoms with Gasteiger partial charge < -0.3 is 19.7 Å². The molecule has 34 heavy (non-hydrogen) atoms. The summed E-state index contributed by atoms with van der Waals surface area (Å²) in [4.78, 5) is 34.9. The highest BCUT2D eigenvalue weighted by atomic mass is 19.1. The highest BCUT2D eigenvalue weighted by Crippen LogP contribution is 2.29. The van der Waals surface area contributed by atoms with E-state index in [-0.39, 0.29) is 23.4 Å². The van der Waals surface area contributed by atoms with Gasteiger partial charge in [-0.25, -0.2) is 9.37 Å². The molecule has 0 aliphatic carbocycles. The first-order chi connectivity index (χ1) is 16.4. The first-order valence-electron chi connectivity index (χ1n) is 11.6. The van der Waals surface area contributed by atoms with Crippen LogP contribution in [-0.2, 0) is 10.3 Å². The number of rotatable bonds is 11. The van der Waals surface area contributed by atoms with Gasteiger partial charge in [0.05, 0.1) is 23.3 Å². The minimum absolute atomic E-state index is 0.00866. The van der Waals surface area contributed by atoms with Crippen LogP contribution in [0.3, 0.4) is 0 Å². The maximum absolute atomic E-state index is 14.3. The van der Waals surface area contributed by atoms with Crippen molar-refractivity contribution in [3.63, 3.8) is 0 Å². The second kappa shape index (κ2) is 10.3. The predicted molar refractivity (Wildman–Crippen MR) is 124 cm³/mol. The number of hydrogen-bond donors (Lipinski definition) is 2. The summed E-state index contributed by atoms with van der Waals surface area (Å²) in [6.07, 6.45) is 6.31. The molecule has 2 aromatic heterocycles. The van der Waals surface area contributed by atoms with E-state index in [1.54, 1.807) is 30.5 Å². The zero-order chi connectivity index (χ0) is 24.1. The predicted octanol–water partition coefficient (Wildman–Crippen LogP) is 3.93. The molecule has 1 aliphatic rings. The number of hydrogen-bond acceptors (Lipinski definition) is 6. The highest BCUT2D eigenvalue weighted by molar-refractivity contribution is 5.93. The Balaban J connectivity index is 1.42. The van der Waals surface area contributed by atoms with Crippen molar-refractivity contribution >= 4 is 11.7 Å². The molecular weight excluding hydrogens is 437 g/mol. The summed E-state index contributed by atoms with van der Waals surface area (Å²) in [6, 6.07) is 8.08. The molecule has 9 heteroatoms. The average molecular weight is 468 g/mol. The summed E-state index contributed by atoms with van der Waals surface area (Å²) in [5, 5.41) is 6.87. The molecule has 0 spiro atoms. The van der Waals surface area contributed by atoms with Crippen LogP contribution in [0.2, 0.25) is 0 Å². The van der Waals surface area contributed by atoms with E-state index in [0.29, 0.717) is 42.0 Å². The van der Waals surface area contributed by atoms with Crippen molar-refractivity contribution in [3.8, 4) is 11.3 Å². The molecular formula is C25H30FN5O3. The van der Waals surface area contributed by atoms with Crippen LogP contribution < -0.4 is 5.32 Å². The van der Waals surface area contributed by atoms with Crippen LogP contribution in [0.25, 0.3) is 11.3 Å². The Morgan fingerprint density at radius 2 is 2.03 bits per heavy atom. The first-order valence-corrected chi connectivity index (χ1v) is 11.6. The molecule has 0 bridgehead atoms. The lowest BCUT2D eigenvalue weighted by Gasteiger charge is -2.38. The van der Waals surface area contributed by atoms with E-state index < -0.39 is 5.54 Å². The Morgan fingerprint density at radius 1 is 1.24 bits per heavy atom. The van der Waals surface area contributed by atoms with E-state index in [4.69, 9.17) is 4.52 Å². The Morgan fingerprint density at radius 3 is 2.74 bits per heavy atom. The van der Waals surface area contributed by atoms with Crippen molar-refractivity contribution in [2.24, 2.45) is 5.92 Å². The number of unbranched alkanes of at least 4 members (excludes halogenated alkanes) is 2. The fourth-order valence-corrected chi connectivity index (χ4v) is 4.32. The number of carbonyl (C=O) groups excluding carboxylic acids is 2. The summed E-state index contributed by atoms with van der Waals surface area (Å²) in [5.74, 6) is 0.152. The maximum Gasteiger partial charge on any atom is 0.226 e. The van der Waals surface area contributed by atoms with E-state index >= 15 is 0 Å². The van der Waals surface area contributed by atoms with Gasteiger partial charge in [0.25, 0.3) is 0 Å². The molecule has 180 valence electrons. The maximum atomic E-state index is 14.3. The molecule has 0 radical (unpaired) electrons. The molecule has 0 saturated carbocycles. The Kier molecular flexibility index (Phi) is 7.21. The molecule has 1 aromatic carbocycles. The van der Waals surface area contributed by atoms with Gasteiger partial charge in [-0.3, -0.25) is 9.59 Å². The van der Waals surface area contributed by atoms with Gasteiger partial charge in [-0.15, -0.1) is 0 Å². The van der Waals surface area contributed by atoms with E-state index in [1.165, 1.54) is 12.3 Å². The van der Waals surface area contributed by atoms with Gasteiger partial charge in [0, 0.05) is 31.1 Å². The van der Waals surface area contributed by atoms with Crippen LogP contribution in [-0.4, -0.2) is 51.9 Å². The fourth-order valence-electron chi connectivity index (χ4n) is 4.32. The number of amides is 1. The van der Waals surface area contributed by atoms with Gasteiger partial charge in [0.15, 0.2) is 5.78 Å². The molecule has 1 saturated heterocycles. The van der Waals surface area contributed by atoms with Crippen molar-refractivity contribution < 1.29 is 18.5 Å². The minimum atomic E-state index is -0.745. The van der Waals surface area contributed by atoms with Gasteiger partial charge in [-0.05, 0) is 38.9 Å². The number of halogens is 1. The normalized spacial score (nSPS) is 16.1. The third-order valence-electron chi connectivity index (χ3n) is 6.40. The zero-order valence-corrected chi connectivity index (χ0v) is 19.5. The zero-order valence-electron chi connectivity index (χ0n) is 19.5. The van der Waals surface area contributed by atoms with Gasteiger partial charge in [0.2, 0.25) is 5.91 Å². The van der Waals surface area contributed by atoms with Crippen molar-refractivity contribution in [1.82, 2.24) is 25.3 Å². The number of H-pyrrole nitrogens is 1. The SMILES string of the molecule is CN1CC(C(=O)N[C@@](C)(CCCCCC(=O)c2ccon2)c2ncc(-c3ccccc3F)[nH]2)C1. The Hall–Kier alpha value is -3.33. The fraction of sp³-hybridized carbons (Fsp3) is 0.440. The molecule has 1 aliphatic heterocycles. The second-order valence-electron chi connectivity index (χ2n) is 9.23. The quantitative estimate of drug-likeness (QED) is 0.327. The third-order valence-corrected chi connectivity index (χ3v) is 6.40. The van der Waals surface area contributed by atoms with Crippen LogP contribution >= 0.6 is 0 Å². The summed E-state index contributed by atoms with van der Waals surface area (Å²) < 4.78 is 19.0. The van der Waals surface area contributed by atoms with Crippen LogP contribution in [0.4, 0.5) is 4.39 Å². The number of imidazole rings is 1. The van der Waals surface area contributed by atoms with Gasteiger partial charge in [0.1, 0.15) is 23.6 Å². The number of nitrogens with zero attached hydrogens (tertiary/aromatic N) is 3. The number of aromatic amines is 1. The summed E-state index contributed by atoms with van der Waals surface area (Å²) in [6.45, 7) is 3.40. The summed E-state index contributed by atoms with van der Waals surface area (Å²) >= 11 is 0. The van der Waals surface area contributed by atoms with Crippen LogP contribution in [0, 0.1) is 11.7 Å². The van der Waals surface area contributed by atoms with E-state index in [2.05, 4.69) is 25.3 Å². The molecule has 1 atom stereocenters. The van der Waals surface area contributed by atoms with Crippen LogP contribution in [0.15, 0.2) is 47.3 Å². The monoisotopic (exact) mass is 467 g/mol. The standard InChI is InChI=1S/C25H30FN5O3/c1-25(29-23(33)17-15-31(2)16-17,12-7-3-4-10-22(32)20-11-13-34-30-20)24-27-14-21(28-24)18-8-5-6-9-19(18)26/h5-6,8-9,11,13-14,17H,3-4,7,10,12,15-16H2,1-2H3,(H,27,28)(H,29,33)/t25-/m0/s1. The van der Waals surface area contributed by atoms with Gasteiger partial charge in [-0.2, -0.15) is 0 Å². The lowest BCUT2D eigenvalue weighted by molar-refractivity contribution is -0.131. The van der Waals surface area contributed by atoms with E-state index in [9.17, 15) is 14.0 Å². The molecule has 8 nitrogen and oxygen atoms in total. The van der Waals surface area contributed by atoms with Crippen molar-refractivity contribution in [2.45, 2.75) is 44.6 Å². The topological polar surface area (TPSA) is 104 Å². The lowest BCUT2D eigenvalue weighted by Crippen LogP contribution is -2.55. The molecule has 4 rings (SSSR count). The largest absolute Gasteiger partial charge is 0.364 e. The number of likely N-dealkylation sites (tertiary alicyclic amines) is 1. The molecule has 3 aromatic rings. The minimum Gasteiger partial charge on any atom is -0.364 e. The van der Waals surface area contributed by atoms with Crippen molar-refractivity contribution in [1.29, 1.82) is 0 Å². The smallest absolute Gasteiger partial charge is 0.226 e. The number of Topliss-reactive ketones (excluding diaryl/α,β-unsaturated/α-hetero) is 1. The molecule has 3 heterocycles. The summed E-state index contributed by atoms with van der Waals surface area (Å²) in [5.41, 5.74) is 0.598. The van der Waals surface area contributed by atoms with E-state index in [0.717, 1.165) is 25.9 Å². The number of aromatic nitrogens is 3. The van der Waals surface area contributed by atoms with Crippen LogP contribution in [0.1, 0.15) is 55.3 Å². The Bertz CT molecular complexity index is 1120. The molecule has 1 fully saturated rings.